The first kappa shape index (κ1) is 34.0. The van der Waals surface area contributed by atoms with Gasteiger partial charge in [-0.25, -0.2) is 9.59 Å². The normalized spacial score (nSPS) is 18.4. The van der Waals surface area contributed by atoms with E-state index in [1.54, 1.807) is 49.9 Å². The van der Waals surface area contributed by atoms with Gasteiger partial charge in [0.15, 0.2) is 0 Å². The van der Waals surface area contributed by atoms with E-state index in [2.05, 4.69) is 10.6 Å². The molecule has 2 heterocycles. The Morgan fingerprint density at radius 2 is 1.82 bits per heavy atom. The van der Waals surface area contributed by atoms with Crippen LogP contribution in [0.25, 0.3) is 0 Å². The lowest BCUT2D eigenvalue weighted by Gasteiger charge is -2.30. The molecule has 0 fully saturated rings. The second kappa shape index (κ2) is 14.5. The van der Waals surface area contributed by atoms with E-state index in [0.29, 0.717) is 48.5 Å². The second-order valence-electron chi connectivity index (χ2n) is 11.9. The summed E-state index contributed by atoms with van der Waals surface area (Å²) in [4.78, 5) is 66.7. The molecule has 1 aliphatic heterocycles. The summed E-state index contributed by atoms with van der Waals surface area (Å²) in [6.07, 6.45) is 4.73. The number of hydrogen-bond acceptors (Lipinski definition) is 9. The highest BCUT2D eigenvalue weighted by Gasteiger charge is 2.35. The van der Waals surface area contributed by atoms with Crippen molar-refractivity contribution in [3.05, 3.63) is 52.4 Å². The summed E-state index contributed by atoms with van der Waals surface area (Å²) in [5.74, 6) is -3.67. The third kappa shape index (κ3) is 8.46. The SMILES string of the molecule is CCC(Sc1cccc(NC(=O)C2CC=CCC2C(=O)O)c1)C(=O)Nc1sc2c(c1C(=O)OC)CCN(C(=O)OC(C)(C)C)C2. The van der Waals surface area contributed by atoms with Crippen LogP contribution in [0, 0.1) is 11.8 Å². The number of esters is 1. The monoisotopic (exact) mass is 657 g/mol. The van der Waals surface area contributed by atoms with E-state index in [9.17, 15) is 29.1 Å². The Labute approximate surface area is 270 Å². The van der Waals surface area contributed by atoms with Crippen molar-refractivity contribution in [2.75, 3.05) is 24.3 Å². The predicted octanol–water partition coefficient (Wildman–Crippen LogP) is 5.94. The molecule has 3 unspecified atom stereocenters. The number of nitrogens with zero attached hydrogens (tertiary/aromatic N) is 1. The summed E-state index contributed by atoms with van der Waals surface area (Å²) in [6.45, 7) is 7.90. The number of thioether (sulfide) groups is 1. The van der Waals surface area contributed by atoms with Gasteiger partial charge in [-0.15, -0.1) is 23.1 Å². The van der Waals surface area contributed by atoms with Crippen LogP contribution in [0.1, 0.15) is 67.8 Å². The Morgan fingerprint density at radius 1 is 1.11 bits per heavy atom. The van der Waals surface area contributed by atoms with Crippen molar-refractivity contribution in [1.29, 1.82) is 0 Å². The molecule has 242 valence electrons. The minimum absolute atomic E-state index is 0.254. The number of hydrogen-bond donors (Lipinski definition) is 3. The van der Waals surface area contributed by atoms with E-state index in [-0.39, 0.29) is 18.4 Å². The van der Waals surface area contributed by atoms with Crippen LogP contribution in [0.2, 0.25) is 0 Å². The summed E-state index contributed by atoms with van der Waals surface area (Å²) in [7, 11) is 1.29. The van der Waals surface area contributed by atoms with Crippen LogP contribution in [-0.2, 0) is 36.8 Å². The first-order valence-corrected chi connectivity index (χ1v) is 16.5. The highest BCUT2D eigenvalue weighted by Crippen LogP contribution is 2.39. The number of anilines is 2. The standard InChI is InChI=1S/C32H39N3O8S2/c1-6-23(44-19-11-9-10-18(16-19)33-26(36)20-12-7-8-13-21(20)29(38)39)27(37)34-28-25(30(40)42-5)22-14-15-35(17-24(22)45-28)31(41)43-32(2,3)4/h7-11,16,20-21,23H,6,12-15,17H2,1-5H3,(H,33,36)(H,34,37)(H,38,39). The number of fused-ring (bicyclic) bond motifs is 1. The molecule has 4 rings (SSSR count). The summed E-state index contributed by atoms with van der Waals surface area (Å²) in [5, 5.41) is 15.1. The fourth-order valence-corrected chi connectivity index (χ4v) is 7.50. The number of methoxy groups -OCH3 is 1. The lowest BCUT2D eigenvalue weighted by molar-refractivity contribution is -0.146. The molecule has 2 aromatic rings. The van der Waals surface area contributed by atoms with Crippen molar-refractivity contribution >= 4 is 63.6 Å². The van der Waals surface area contributed by atoms with Gasteiger partial charge in [-0.05, 0) is 70.2 Å². The summed E-state index contributed by atoms with van der Waals surface area (Å²) < 4.78 is 10.6. The molecule has 0 bridgehead atoms. The molecular formula is C32H39N3O8S2. The van der Waals surface area contributed by atoms with Crippen LogP contribution in [-0.4, -0.2) is 64.4 Å². The Morgan fingerprint density at radius 3 is 2.47 bits per heavy atom. The molecule has 0 saturated heterocycles. The van der Waals surface area contributed by atoms with Crippen molar-refractivity contribution in [3.63, 3.8) is 0 Å². The molecule has 1 aromatic carbocycles. The van der Waals surface area contributed by atoms with Gasteiger partial charge in [0.2, 0.25) is 11.8 Å². The van der Waals surface area contributed by atoms with Crippen LogP contribution in [0.4, 0.5) is 15.5 Å². The predicted molar refractivity (Wildman–Crippen MR) is 173 cm³/mol. The lowest BCUT2D eigenvalue weighted by atomic mass is 9.82. The van der Waals surface area contributed by atoms with E-state index in [4.69, 9.17) is 9.47 Å². The summed E-state index contributed by atoms with van der Waals surface area (Å²) in [6, 6.07) is 7.06. The average molecular weight is 658 g/mol. The molecule has 3 amide bonds. The van der Waals surface area contributed by atoms with Gasteiger partial charge in [-0.2, -0.15) is 0 Å². The average Bonchev–Trinajstić information content (AvgIpc) is 3.35. The fourth-order valence-electron chi connectivity index (χ4n) is 5.23. The first-order chi connectivity index (χ1) is 21.3. The van der Waals surface area contributed by atoms with Crippen molar-refractivity contribution in [1.82, 2.24) is 4.90 Å². The van der Waals surface area contributed by atoms with Crippen molar-refractivity contribution in [3.8, 4) is 0 Å². The molecule has 3 N–H and O–H groups in total. The number of rotatable bonds is 9. The largest absolute Gasteiger partial charge is 0.481 e. The van der Waals surface area contributed by atoms with E-state index in [1.165, 1.54) is 30.2 Å². The number of carboxylic acids is 1. The second-order valence-corrected chi connectivity index (χ2v) is 14.2. The van der Waals surface area contributed by atoms with Gasteiger partial charge >= 0.3 is 18.0 Å². The molecule has 13 heteroatoms. The Hall–Kier alpha value is -3.84. The highest BCUT2D eigenvalue weighted by molar-refractivity contribution is 8.00. The number of amides is 3. The molecule has 45 heavy (non-hydrogen) atoms. The number of aliphatic carboxylic acids is 1. The molecule has 0 spiro atoms. The third-order valence-electron chi connectivity index (χ3n) is 7.46. The van der Waals surface area contributed by atoms with Gasteiger partial charge < -0.3 is 30.1 Å². The zero-order chi connectivity index (χ0) is 32.9. The Kier molecular flexibility index (Phi) is 11.0. The number of thiophene rings is 1. The number of ether oxygens (including phenoxy) is 2. The number of carboxylic acid groups (broad SMARTS) is 1. The van der Waals surface area contributed by atoms with E-state index >= 15 is 0 Å². The van der Waals surface area contributed by atoms with Crippen LogP contribution in [0.15, 0.2) is 41.3 Å². The first-order valence-electron chi connectivity index (χ1n) is 14.8. The Balaban J connectivity index is 1.47. The minimum Gasteiger partial charge on any atom is -0.481 e. The number of nitrogens with one attached hydrogen (secondary N) is 2. The van der Waals surface area contributed by atoms with Gasteiger partial charge in [0.1, 0.15) is 10.6 Å². The minimum atomic E-state index is -0.997. The van der Waals surface area contributed by atoms with Gasteiger partial charge in [-0.1, -0.05) is 25.1 Å². The molecular weight excluding hydrogens is 618 g/mol. The lowest BCUT2D eigenvalue weighted by Crippen LogP contribution is -2.39. The topological polar surface area (TPSA) is 151 Å². The van der Waals surface area contributed by atoms with Crippen LogP contribution in [0.5, 0.6) is 0 Å². The zero-order valence-corrected chi connectivity index (χ0v) is 27.6. The van der Waals surface area contributed by atoms with Crippen molar-refractivity contribution in [2.45, 2.75) is 75.7 Å². The highest BCUT2D eigenvalue weighted by atomic mass is 32.2. The third-order valence-corrected chi connectivity index (χ3v) is 9.95. The molecule has 3 atom stereocenters. The van der Waals surface area contributed by atoms with Crippen LogP contribution < -0.4 is 10.6 Å². The molecule has 1 aliphatic carbocycles. The van der Waals surface area contributed by atoms with E-state index in [0.717, 1.165) is 15.3 Å². The maximum Gasteiger partial charge on any atom is 0.410 e. The maximum absolute atomic E-state index is 13.5. The summed E-state index contributed by atoms with van der Waals surface area (Å²) in [5.41, 5.74) is 0.922. The smallest absolute Gasteiger partial charge is 0.410 e. The van der Waals surface area contributed by atoms with Gasteiger partial charge in [0.25, 0.3) is 0 Å². The maximum atomic E-state index is 13.5. The fraction of sp³-hybridized carbons (Fsp3) is 0.469. The van der Waals surface area contributed by atoms with E-state index < -0.39 is 40.7 Å². The molecule has 11 nitrogen and oxygen atoms in total. The van der Waals surface area contributed by atoms with Crippen molar-refractivity contribution < 1.29 is 38.6 Å². The molecule has 0 saturated carbocycles. The van der Waals surface area contributed by atoms with Crippen molar-refractivity contribution in [2.24, 2.45) is 11.8 Å². The van der Waals surface area contributed by atoms with Crippen LogP contribution >= 0.6 is 23.1 Å². The molecule has 0 radical (unpaired) electrons. The van der Waals surface area contributed by atoms with Gasteiger partial charge in [0, 0.05) is 22.0 Å². The molecule has 1 aromatic heterocycles. The van der Waals surface area contributed by atoms with E-state index in [1.807, 2.05) is 19.1 Å². The van der Waals surface area contributed by atoms with Gasteiger partial charge in [0.05, 0.1) is 36.3 Å². The van der Waals surface area contributed by atoms with Crippen LogP contribution in [0.3, 0.4) is 0 Å². The van der Waals surface area contributed by atoms with Gasteiger partial charge in [-0.3, -0.25) is 14.4 Å². The summed E-state index contributed by atoms with van der Waals surface area (Å²) >= 11 is 2.56. The zero-order valence-electron chi connectivity index (χ0n) is 26.0. The number of carbonyl (C=O) groups excluding carboxylic acids is 4. The molecule has 2 aliphatic rings. The Bertz CT molecular complexity index is 1500. The number of carbonyl (C=O) groups is 5. The number of allylic oxidation sites excluding steroid dienone is 2. The quantitative estimate of drug-likeness (QED) is 0.169. The number of benzene rings is 1.